The van der Waals surface area contributed by atoms with E-state index < -0.39 is 11.9 Å². The molecule has 21 heavy (non-hydrogen) atoms. The van der Waals surface area contributed by atoms with Crippen LogP contribution in [0.25, 0.3) is 0 Å². The number of amides is 1. The molecule has 108 valence electrons. The quantitative estimate of drug-likeness (QED) is 0.669. The van der Waals surface area contributed by atoms with Crippen LogP contribution in [-0.4, -0.2) is 11.9 Å². The second-order valence-electron chi connectivity index (χ2n) is 4.35. The van der Waals surface area contributed by atoms with E-state index in [1.165, 1.54) is 6.07 Å². The zero-order chi connectivity index (χ0) is 15.4. The number of primary amides is 1. The van der Waals surface area contributed by atoms with Gasteiger partial charge in [-0.1, -0.05) is 29.8 Å². The van der Waals surface area contributed by atoms with Crippen molar-refractivity contribution in [3.63, 3.8) is 0 Å². The molecule has 0 spiro atoms. The highest BCUT2D eigenvalue weighted by atomic mass is 35.5. The maximum Gasteiger partial charge on any atom is 0.340 e. The number of carbonyl (C=O) groups excluding carboxylic acids is 2. The number of nitrogen functional groups attached to an aromatic ring is 1. The third-order valence-corrected chi connectivity index (χ3v) is 3.28. The van der Waals surface area contributed by atoms with Crippen LogP contribution >= 0.6 is 11.6 Å². The summed E-state index contributed by atoms with van der Waals surface area (Å²) in [7, 11) is 0. The van der Waals surface area contributed by atoms with E-state index in [-0.39, 0.29) is 17.2 Å². The zero-order valence-electron chi connectivity index (χ0n) is 11.0. The third kappa shape index (κ3) is 3.52. The molecule has 5 nitrogen and oxygen atoms in total. The molecule has 0 saturated heterocycles. The van der Waals surface area contributed by atoms with Crippen LogP contribution < -0.4 is 11.5 Å². The maximum absolute atomic E-state index is 11.9. The van der Waals surface area contributed by atoms with Crippen molar-refractivity contribution in [2.75, 3.05) is 5.73 Å². The van der Waals surface area contributed by atoms with E-state index in [1.54, 1.807) is 36.4 Å². The first-order chi connectivity index (χ1) is 9.99. The van der Waals surface area contributed by atoms with Gasteiger partial charge >= 0.3 is 5.97 Å². The molecule has 4 N–H and O–H groups in total. The van der Waals surface area contributed by atoms with Gasteiger partial charge in [-0.2, -0.15) is 0 Å². The summed E-state index contributed by atoms with van der Waals surface area (Å²) in [4.78, 5) is 22.9. The molecular formula is C15H13ClN2O3. The Morgan fingerprint density at radius 3 is 2.38 bits per heavy atom. The fraction of sp³-hybridized carbons (Fsp3) is 0.0667. The Balaban J connectivity index is 2.04. The van der Waals surface area contributed by atoms with Crippen LogP contribution in [0.1, 0.15) is 26.3 Å². The summed E-state index contributed by atoms with van der Waals surface area (Å²) in [6, 6.07) is 11.2. The Kier molecular flexibility index (Phi) is 4.45. The van der Waals surface area contributed by atoms with Gasteiger partial charge in [0.15, 0.2) is 0 Å². The number of hydrogen-bond acceptors (Lipinski definition) is 4. The zero-order valence-corrected chi connectivity index (χ0v) is 11.8. The molecule has 2 rings (SSSR count). The molecule has 1 amide bonds. The normalized spacial score (nSPS) is 10.1. The third-order valence-electron chi connectivity index (χ3n) is 2.86. The molecule has 6 heteroatoms. The number of carbonyl (C=O) groups is 2. The van der Waals surface area contributed by atoms with E-state index in [9.17, 15) is 9.59 Å². The predicted molar refractivity (Wildman–Crippen MR) is 79.9 cm³/mol. The van der Waals surface area contributed by atoms with Crippen molar-refractivity contribution in [2.24, 2.45) is 5.73 Å². The van der Waals surface area contributed by atoms with Gasteiger partial charge in [0.25, 0.3) is 0 Å². The lowest BCUT2D eigenvalue weighted by Gasteiger charge is -2.08. The fourth-order valence-corrected chi connectivity index (χ4v) is 1.90. The molecule has 0 aliphatic carbocycles. The molecular weight excluding hydrogens is 292 g/mol. The minimum atomic E-state index is -0.564. The van der Waals surface area contributed by atoms with Gasteiger partial charge in [-0.25, -0.2) is 4.79 Å². The second kappa shape index (κ2) is 6.28. The number of hydrogen-bond donors (Lipinski definition) is 2. The molecule has 0 radical (unpaired) electrons. The number of halogens is 1. The van der Waals surface area contributed by atoms with Crippen molar-refractivity contribution in [3.8, 4) is 0 Å². The monoisotopic (exact) mass is 304 g/mol. The van der Waals surface area contributed by atoms with Gasteiger partial charge in [0.2, 0.25) is 5.91 Å². The highest BCUT2D eigenvalue weighted by Crippen LogP contribution is 2.23. The van der Waals surface area contributed by atoms with Crippen LogP contribution in [0, 0.1) is 0 Å². The lowest BCUT2D eigenvalue weighted by molar-refractivity contribution is 0.0472. The first-order valence-electron chi connectivity index (χ1n) is 6.09. The smallest absolute Gasteiger partial charge is 0.340 e. The highest BCUT2D eigenvalue weighted by molar-refractivity contribution is 6.36. The molecule has 0 aromatic heterocycles. The van der Waals surface area contributed by atoms with Gasteiger partial charge in [0, 0.05) is 5.56 Å². The van der Waals surface area contributed by atoms with Gasteiger partial charge in [-0.15, -0.1) is 0 Å². The van der Waals surface area contributed by atoms with E-state index >= 15 is 0 Å². The Morgan fingerprint density at radius 2 is 1.76 bits per heavy atom. The Hall–Kier alpha value is -2.53. The molecule has 0 aliphatic rings. The van der Waals surface area contributed by atoms with E-state index in [1.807, 2.05) is 0 Å². The van der Waals surface area contributed by atoms with Crippen molar-refractivity contribution in [1.82, 2.24) is 0 Å². The number of nitrogens with two attached hydrogens (primary N) is 2. The number of esters is 1. The number of rotatable bonds is 4. The van der Waals surface area contributed by atoms with Gasteiger partial charge in [0.05, 0.1) is 16.3 Å². The van der Waals surface area contributed by atoms with Crippen LogP contribution in [0.2, 0.25) is 5.02 Å². The SMILES string of the molecule is NC(=O)c1ccc(COC(=O)c2cccc(N)c2Cl)cc1. The Bertz CT molecular complexity index is 684. The first-order valence-corrected chi connectivity index (χ1v) is 6.46. The number of benzene rings is 2. The van der Waals surface area contributed by atoms with Crippen LogP contribution in [0.3, 0.4) is 0 Å². The highest BCUT2D eigenvalue weighted by Gasteiger charge is 2.13. The maximum atomic E-state index is 11.9. The second-order valence-corrected chi connectivity index (χ2v) is 4.72. The topological polar surface area (TPSA) is 95.4 Å². The summed E-state index contributed by atoms with van der Waals surface area (Å²) in [6.45, 7) is 0.0585. The van der Waals surface area contributed by atoms with Gasteiger partial charge < -0.3 is 16.2 Å². The minimum absolute atomic E-state index is 0.0585. The predicted octanol–water partition coefficient (Wildman–Crippen LogP) is 2.38. The van der Waals surface area contributed by atoms with E-state index in [0.29, 0.717) is 11.3 Å². The summed E-state index contributed by atoms with van der Waals surface area (Å²) in [5, 5.41) is 0.173. The average Bonchev–Trinajstić information content (AvgIpc) is 2.48. The van der Waals surface area contributed by atoms with Gasteiger partial charge in [-0.05, 0) is 29.8 Å². The molecule has 0 bridgehead atoms. The Labute approximate surface area is 126 Å². The number of anilines is 1. The lowest BCUT2D eigenvalue weighted by Crippen LogP contribution is -2.11. The molecule has 0 heterocycles. The molecule has 0 saturated carbocycles. The van der Waals surface area contributed by atoms with Crippen molar-refractivity contribution in [2.45, 2.75) is 6.61 Å². The largest absolute Gasteiger partial charge is 0.457 e. The average molecular weight is 305 g/mol. The van der Waals surface area contributed by atoms with Crippen LogP contribution in [0.5, 0.6) is 0 Å². The van der Waals surface area contributed by atoms with Gasteiger partial charge in [-0.3, -0.25) is 4.79 Å². The van der Waals surface area contributed by atoms with Crippen LogP contribution in [-0.2, 0) is 11.3 Å². The summed E-state index contributed by atoms with van der Waals surface area (Å²) in [5.74, 6) is -1.07. The first kappa shape index (κ1) is 14.9. The van der Waals surface area contributed by atoms with E-state index in [4.69, 9.17) is 27.8 Å². The Morgan fingerprint density at radius 1 is 1.10 bits per heavy atom. The molecule has 0 atom stereocenters. The summed E-state index contributed by atoms with van der Waals surface area (Å²) in [5.41, 5.74) is 12.4. The van der Waals surface area contributed by atoms with Crippen LogP contribution in [0.15, 0.2) is 42.5 Å². The summed E-state index contributed by atoms with van der Waals surface area (Å²) >= 11 is 5.95. The summed E-state index contributed by atoms with van der Waals surface area (Å²) in [6.07, 6.45) is 0. The van der Waals surface area contributed by atoms with Crippen LogP contribution in [0.4, 0.5) is 5.69 Å². The van der Waals surface area contributed by atoms with Gasteiger partial charge in [0.1, 0.15) is 6.61 Å². The number of ether oxygens (including phenoxy) is 1. The lowest BCUT2D eigenvalue weighted by atomic mass is 10.1. The summed E-state index contributed by atoms with van der Waals surface area (Å²) < 4.78 is 5.16. The van der Waals surface area contributed by atoms with E-state index in [0.717, 1.165) is 5.56 Å². The van der Waals surface area contributed by atoms with Crippen molar-refractivity contribution >= 4 is 29.2 Å². The van der Waals surface area contributed by atoms with E-state index in [2.05, 4.69) is 0 Å². The fourth-order valence-electron chi connectivity index (χ4n) is 1.70. The van der Waals surface area contributed by atoms with Crippen molar-refractivity contribution in [3.05, 3.63) is 64.2 Å². The minimum Gasteiger partial charge on any atom is -0.457 e. The molecule has 0 fully saturated rings. The molecule has 2 aromatic rings. The molecule has 2 aromatic carbocycles. The standard InChI is InChI=1S/C15H13ClN2O3/c16-13-11(2-1-3-12(13)17)15(20)21-8-9-4-6-10(7-5-9)14(18)19/h1-7H,8,17H2,(H2,18,19). The molecule has 0 aliphatic heterocycles. The molecule has 0 unspecified atom stereocenters. The van der Waals surface area contributed by atoms with Crippen molar-refractivity contribution < 1.29 is 14.3 Å². The van der Waals surface area contributed by atoms with Crippen molar-refractivity contribution in [1.29, 1.82) is 0 Å².